The van der Waals surface area contributed by atoms with Gasteiger partial charge in [-0.3, -0.25) is 14.3 Å². The van der Waals surface area contributed by atoms with E-state index in [0.29, 0.717) is 19.8 Å². The first-order chi connectivity index (χ1) is 12.0. The average molecular weight is 349 g/mol. The van der Waals surface area contributed by atoms with E-state index >= 15 is 0 Å². The first kappa shape index (κ1) is 15.5. The van der Waals surface area contributed by atoms with E-state index in [1.807, 2.05) is 0 Å². The minimum Gasteiger partial charge on any atom is -0.479 e. The van der Waals surface area contributed by atoms with Crippen molar-refractivity contribution in [2.24, 2.45) is 0 Å². The quantitative estimate of drug-likeness (QED) is 0.798. The predicted molar refractivity (Wildman–Crippen MR) is 82.0 cm³/mol. The molecule has 0 bridgehead atoms. The molecule has 10 nitrogen and oxygen atoms in total. The molecule has 0 unspecified atom stereocenters. The highest BCUT2D eigenvalue weighted by atomic mass is 16.6. The average Bonchev–Trinajstić information content (AvgIpc) is 2.92. The molecular weight excluding hydrogens is 334 g/mol. The summed E-state index contributed by atoms with van der Waals surface area (Å²) in [5.41, 5.74) is 2.74. The number of amides is 1. The van der Waals surface area contributed by atoms with Crippen molar-refractivity contribution < 1.29 is 23.1 Å². The third kappa shape index (κ3) is 2.60. The van der Waals surface area contributed by atoms with Crippen molar-refractivity contribution in [1.29, 1.82) is 0 Å². The zero-order valence-electron chi connectivity index (χ0n) is 13.3. The van der Waals surface area contributed by atoms with Crippen molar-refractivity contribution in [3.8, 4) is 5.75 Å². The van der Waals surface area contributed by atoms with Crippen LogP contribution in [0, 0.1) is 6.92 Å². The Bertz CT molecular complexity index is 941. The van der Waals surface area contributed by atoms with Gasteiger partial charge in [0.25, 0.3) is 5.91 Å². The molecule has 4 heterocycles. The monoisotopic (exact) mass is 349 g/mol. The van der Waals surface area contributed by atoms with Crippen LogP contribution < -0.4 is 21.4 Å². The van der Waals surface area contributed by atoms with Crippen LogP contribution in [-0.2, 0) is 11.3 Å². The molecule has 10 heteroatoms. The van der Waals surface area contributed by atoms with Gasteiger partial charge in [-0.1, -0.05) is 0 Å². The lowest BCUT2D eigenvalue weighted by atomic mass is 10.2. The number of nitrogens with one attached hydrogen (secondary N) is 1. The molecule has 2 aromatic heterocycles. The van der Waals surface area contributed by atoms with Crippen LogP contribution in [-0.4, -0.2) is 41.4 Å². The number of hydrogen-bond acceptors (Lipinski definition) is 8. The largest absolute Gasteiger partial charge is 0.519 e. The summed E-state index contributed by atoms with van der Waals surface area (Å²) in [6, 6.07) is 1.29. The molecule has 0 aromatic carbocycles. The normalized spacial score (nSPS) is 19.2. The van der Waals surface area contributed by atoms with Crippen molar-refractivity contribution >= 4 is 5.91 Å². The summed E-state index contributed by atoms with van der Waals surface area (Å²) in [5, 5.41) is 0. The van der Waals surface area contributed by atoms with Crippen LogP contribution in [0.3, 0.4) is 0 Å². The molecule has 1 atom stereocenters. The van der Waals surface area contributed by atoms with Crippen LogP contribution in [0.4, 0.5) is 0 Å². The first-order valence-electron chi connectivity index (χ1n) is 7.67. The predicted octanol–water partition coefficient (Wildman–Crippen LogP) is -0.362. The Morgan fingerprint density at radius 3 is 2.92 bits per heavy atom. The van der Waals surface area contributed by atoms with E-state index in [1.54, 1.807) is 11.8 Å². The maximum Gasteiger partial charge on any atom is 0.519 e. The Hall–Kier alpha value is -3.01. The molecule has 132 valence electrons. The topological polar surface area (TPSA) is 116 Å². The van der Waals surface area contributed by atoms with E-state index in [4.69, 9.17) is 18.3 Å². The molecule has 1 saturated heterocycles. The summed E-state index contributed by atoms with van der Waals surface area (Å²) >= 11 is 0. The van der Waals surface area contributed by atoms with Crippen molar-refractivity contribution in [2.45, 2.75) is 19.7 Å². The van der Waals surface area contributed by atoms with Crippen LogP contribution >= 0.6 is 0 Å². The Kier molecular flexibility index (Phi) is 3.61. The van der Waals surface area contributed by atoms with E-state index < -0.39 is 11.3 Å². The fraction of sp³-hybridized carbons (Fsp3) is 0.400. The number of rotatable bonds is 3. The zero-order chi connectivity index (χ0) is 17.6. The minimum absolute atomic E-state index is 0.0918. The maximum atomic E-state index is 12.8. The van der Waals surface area contributed by atoms with Crippen molar-refractivity contribution in [3.63, 3.8) is 0 Å². The van der Waals surface area contributed by atoms with Gasteiger partial charge in [0, 0.05) is 18.8 Å². The van der Waals surface area contributed by atoms with Gasteiger partial charge < -0.3 is 28.6 Å². The Balaban J connectivity index is 1.69. The standard InChI is InChI=1S/C15H15N3O7/c1-8-10(25-15(21)24-8)6-23-13-9(19)2-3-18-12(13)14(20)17-4-5-22-7-11(17)16-18/h2-3,11,16H,4-7H2,1H3/t11-/m0/s1. The lowest BCUT2D eigenvalue weighted by Gasteiger charge is -2.41. The summed E-state index contributed by atoms with van der Waals surface area (Å²) in [5.74, 6) is -0.879. The highest BCUT2D eigenvalue weighted by Gasteiger charge is 2.37. The van der Waals surface area contributed by atoms with Gasteiger partial charge in [-0.2, -0.15) is 0 Å². The molecule has 4 rings (SSSR count). The fourth-order valence-corrected chi connectivity index (χ4v) is 2.86. The second-order valence-electron chi connectivity index (χ2n) is 5.67. The van der Waals surface area contributed by atoms with Gasteiger partial charge in [0.15, 0.2) is 23.0 Å². The van der Waals surface area contributed by atoms with Crippen LogP contribution in [0.2, 0.25) is 0 Å². The van der Waals surface area contributed by atoms with E-state index in [1.165, 1.54) is 16.9 Å². The van der Waals surface area contributed by atoms with E-state index in [9.17, 15) is 14.4 Å². The highest BCUT2D eigenvalue weighted by molar-refractivity contribution is 5.96. The van der Waals surface area contributed by atoms with Crippen LogP contribution in [0.5, 0.6) is 5.75 Å². The smallest absolute Gasteiger partial charge is 0.479 e. The third-order valence-electron chi connectivity index (χ3n) is 4.12. The summed E-state index contributed by atoms with van der Waals surface area (Å²) in [7, 11) is 0. The number of fused-ring (bicyclic) bond motifs is 2. The van der Waals surface area contributed by atoms with Gasteiger partial charge >= 0.3 is 5.82 Å². The highest BCUT2D eigenvalue weighted by Crippen LogP contribution is 2.23. The molecule has 2 aliphatic heterocycles. The minimum atomic E-state index is -0.850. The number of carbonyl (C=O) groups excluding carboxylic acids is 1. The van der Waals surface area contributed by atoms with Gasteiger partial charge in [0.1, 0.15) is 12.8 Å². The lowest BCUT2D eigenvalue weighted by Crippen LogP contribution is -2.59. The number of ether oxygens (including phenoxy) is 2. The van der Waals surface area contributed by atoms with Crippen LogP contribution in [0.15, 0.2) is 30.7 Å². The molecule has 1 fully saturated rings. The Labute approximate surface area is 140 Å². The molecule has 0 saturated carbocycles. The molecule has 1 N–H and O–H groups in total. The third-order valence-corrected chi connectivity index (χ3v) is 4.12. The first-order valence-corrected chi connectivity index (χ1v) is 7.67. The number of hydrogen-bond donors (Lipinski definition) is 1. The van der Waals surface area contributed by atoms with E-state index in [-0.39, 0.29) is 41.6 Å². The number of nitrogens with zero attached hydrogens (tertiary/aromatic N) is 2. The summed E-state index contributed by atoms with van der Waals surface area (Å²) < 4.78 is 21.9. The van der Waals surface area contributed by atoms with Crippen molar-refractivity contribution in [3.05, 3.63) is 50.3 Å². The van der Waals surface area contributed by atoms with Gasteiger partial charge in [0.05, 0.1) is 13.2 Å². The summed E-state index contributed by atoms with van der Waals surface area (Å²) in [6.45, 7) is 2.53. The van der Waals surface area contributed by atoms with Crippen LogP contribution in [0.1, 0.15) is 22.0 Å². The molecule has 2 aliphatic rings. The van der Waals surface area contributed by atoms with Gasteiger partial charge in [-0.05, 0) is 6.92 Å². The second-order valence-corrected chi connectivity index (χ2v) is 5.67. The summed E-state index contributed by atoms with van der Waals surface area (Å²) in [6.07, 6.45) is 1.16. The summed E-state index contributed by atoms with van der Waals surface area (Å²) in [4.78, 5) is 37.7. The molecule has 25 heavy (non-hydrogen) atoms. The molecule has 0 radical (unpaired) electrons. The van der Waals surface area contributed by atoms with E-state index in [0.717, 1.165) is 0 Å². The van der Waals surface area contributed by atoms with Gasteiger partial charge in [-0.25, -0.2) is 4.79 Å². The molecule has 2 aromatic rings. The van der Waals surface area contributed by atoms with Gasteiger partial charge in [0.2, 0.25) is 5.43 Å². The molecule has 0 aliphatic carbocycles. The number of aromatic nitrogens is 1. The van der Waals surface area contributed by atoms with Crippen molar-refractivity contribution in [2.75, 3.05) is 25.2 Å². The number of carbonyl (C=O) groups is 1. The fourth-order valence-electron chi connectivity index (χ4n) is 2.86. The number of pyridine rings is 1. The SMILES string of the molecule is Cc1oc(=O)oc1COc1c2n(ccc1=O)N[C@@H]1COCCN1C2=O. The maximum absolute atomic E-state index is 12.8. The Morgan fingerprint density at radius 2 is 2.16 bits per heavy atom. The number of aryl methyl sites for hydroxylation is 1. The molecule has 0 spiro atoms. The zero-order valence-corrected chi connectivity index (χ0v) is 13.3. The molecular formula is C15H15N3O7. The molecule has 1 amide bonds. The van der Waals surface area contributed by atoms with Crippen LogP contribution in [0.25, 0.3) is 0 Å². The second kappa shape index (κ2) is 5.81. The Morgan fingerprint density at radius 1 is 1.32 bits per heavy atom. The van der Waals surface area contributed by atoms with Crippen molar-refractivity contribution in [1.82, 2.24) is 9.58 Å². The van der Waals surface area contributed by atoms with E-state index in [2.05, 4.69) is 5.43 Å². The van der Waals surface area contributed by atoms with Gasteiger partial charge in [-0.15, -0.1) is 0 Å². The number of morpholine rings is 1. The lowest BCUT2D eigenvalue weighted by molar-refractivity contribution is -0.00329.